The van der Waals surface area contributed by atoms with Crippen molar-refractivity contribution in [1.29, 1.82) is 0 Å². The first kappa shape index (κ1) is 9.33. The average molecular weight is 255 g/mol. The van der Waals surface area contributed by atoms with Gasteiger partial charge >= 0.3 is 0 Å². The van der Waals surface area contributed by atoms with Crippen molar-refractivity contribution in [3.63, 3.8) is 0 Å². The van der Waals surface area contributed by atoms with Gasteiger partial charge in [-0.1, -0.05) is 0 Å². The number of nitro groups is 1. The quantitative estimate of drug-likeness (QED) is 0.572. The maximum Gasteiger partial charge on any atom is 0.272 e. The topological polar surface area (TPSA) is 55.5 Å². The zero-order valence-corrected chi connectivity index (χ0v) is 9.04. The minimum absolute atomic E-state index is 0.168. The minimum Gasteiger partial charge on any atom is -0.272 e. The molecule has 0 saturated heterocycles. The average Bonchev–Trinajstić information content (AvgIpc) is 2.46. The molecule has 0 bridgehead atoms. The molecule has 14 heavy (non-hydrogen) atoms. The van der Waals surface area contributed by atoms with Crippen molar-refractivity contribution in [1.82, 2.24) is 0 Å². The maximum absolute atomic E-state index is 10.7. The number of nitro benzene ring substituents is 1. The van der Waals surface area contributed by atoms with Gasteiger partial charge in [0.2, 0.25) is 0 Å². The van der Waals surface area contributed by atoms with Crippen molar-refractivity contribution in [3.05, 3.63) is 38.9 Å². The van der Waals surface area contributed by atoms with E-state index in [4.69, 9.17) is 0 Å². The van der Waals surface area contributed by atoms with E-state index in [9.17, 15) is 10.1 Å². The van der Waals surface area contributed by atoms with E-state index in [0.717, 1.165) is 15.7 Å². The lowest BCUT2D eigenvalue weighted by molar-refractivity contribution is -0.385. The van der Waals surface area contributed by atoms with Crippen molar-refractivity contribution in [2.75, 3.05) is 0 Å². The van der Waals surface area contributed by atoms with E-state index in [-0.39, 0.29) is 10.6 Å². The normalized spacial score (nSPS) is 13.7. The molecule has 0 atom stereocenters. The van der Waals surface area contributed by atoms with Gasteiger partial charge in [-0.25, -0.2) is 0 Å². The lowest BCUT2D eigenvalue weighted by atomic mass is 10.1. The standard InChI is InChI=1S/C9H7BrN2O2/c1-5-2-7-6(4-11-9(7)10)3-8(5)12(13)14/h2-3H,4H2,1H3. The van der Waals surface area contributed by atoms with Gasteiger partial charge in [0.1, 0.15) is 4.62 Å². The molecular formula is C9H7BrN2O2. The van der Waals surface area contributed by atoms with E-state index in [2.05, 4.69) is 20.9 Å². The predicted molar refractivity (Wildman–Crippen MR) is 57.0 cm³/mol. The summed E-state index contributed by atoms with van der Waals surface area (Å²) in [7, 11) is 0. The van der Waals surface area contributed by atoms with Gasteiger partial charge in [-0.3, -0.25) is 15.1 Å². The highest BCUT2D eigenvalue weighted by atomic mass is 79.9. The van der Waals surface area contributed by atoms with E-state index in [1.807, 2.05) is 0 Å². The lowest BCUT2D eigenvalue weighted by Gasteiger charge is -2.01. The molecule has 1 heterocycles. The van der Waals surface area contributed by atoms with E-state index >= 15 is 0 Å². The fraction of sp³-hybridized carbons (Fsp3) is 0.222. The van der Waals surface area contributed by atoms with Crippen LogP contribution in [0.4, 0.5) is 5.69 Å². The van der Waals surface area contributed by atoms with Gasteiger partial charge in [0.05, 0.1) is 11.5 Å². The Kier molecular flexibility index (Phi) is 2.11. The van der Waals surface area contributed by atoms with Crippen LogP contribution in [0.25, 0.3) is 0 Å². The molecular weight excluding hydrogens is 248 g/mol. The molecule has 0 fully saturated rings. The smallest absolute Gasteiger partial charge is 0.272 e. The Balaban J connectivity index is 2.60. The van der Waals surface area contributed by atoms with Crippen LogP contribution in [0.2, 0.25) is 0 Å². The molecule has 1 aliphatic rings. The van der Waals surface area contributed by atoms with Crippen molar-refractivity contribution in [2.45, 2.75) is 13.5 Å². The highest BCUT2D eigenvalue weighted by Crippen LogP contribution is 2.28. The summed E-state index contributed by atoms with van der Waals surface area (Å²) in [6, 6.07) is 3.40. The third-order valence-corrected chi connectivity index (χ3v) is 2.91. The molecule has 1 aromatic carbocycles. The maximum atomic E-state index is 10.7. The zero-order chi connectivity index (χ0) is 10.3. The number of aryl methyl sites for hydroxylation is 1. The lowest BCUT2D eigenvalue weighted by Crippen LogP contribution is -1.96. The molecule has 0 amide bonds. The Morgan fingerprint density at radius 3 is 2.93 bits per heavy atom. The highest BCUT2D eigenvalue weighted by molar-refractivity contribution is 9.18. The van der Waals surface area contributed by atoms with Crippen LogP contribution in [0.5, 0.6) is 0 Å². The molecule has 4 nitrogen and oxygen atoms in total. The SMILES string of the molecule is Cc1cc2c(cc1[N+](=O)[O-])CN=C2Br. The first-order valence-electron chi connectivity index (χ1n) is 4.08. The Bertz CT molecular complexity index is 454. The molecule has 0 aromatic heterocycles. The fourth-order valence-corrected chi connectivity index (χ4v) is 1.99. The molecule has 0 aliphatic carbocycles. The number of halogens is 1. The van der Waals surface area contributed by atoms with Crippen LogP contribution in [0.1, 0.15) is 16.7 Å². The van der Waals surface area contributed by atoms with E-state index < -0.39 is 0 Å². The Morgan fingerprint density at radius 2 is 2.29 bits per heavy atom. The number of rotatable bonds is 1. The van der Waals surface area contributed by atoms with Crippen molar-refractivity contribution in [2.24, 2.45) is 4.99 Å². The van der Waals surface area contributed by atoms with Gasteiger partial charge in [0.25, 0.3) is 5.69 Å². The molecule has 0 N–H and O–H groups in total. The molecule has 0 unspecified atom stereocenters. The first-order chi connectivity index (χ1) is 6.59. The second-order valence-corrected chi connectivity index (χ2v) is 3.91. The minimum atomic E-state index is -0.359. The Morgan fingerprint density at radius 1 is 1.57 bits per heavy atom. The Hall–Kier alpha value is -1.23. The number of hydrogen-bond acceptors (Lipinski definition) is 3. The van der Waals surface area contributed by atoms with Crippen molar-refractivity contribution >= 4 is 26.2 Å². The van der Waals surface area contributed by atoms with E-state index in [0.29, 0.717) is 12.1 Å². The van der Waals surface area contributed by atoms with Gasteiger partial charge in [0.15, 0.2) is 0 Å². The molecule has 2 rings (SSSR count). The number of hydrogen-bond donors (Lipinski definition) is 0. The number of benzene rings is 1. The van der Waals surface area contributed by atoms with Crippen LogP contribution < -0.4 is 0 Å². The summed E-state index contributed by atoms with van der Waals surface area (Å²) >= 11 is 3.31. The van der Waals surface area contributed by atoms with Crippen LogP contribution in [-0.4, -0.2) is 9.54 Å². The van der Waals surface area contributed by atoms with E-state index in [1.54, 1.807) is 19.1 Å². The Labute approximate surface area is 88.9 Å². The van der Waals surface area contributed by atoms with Crippen LogP contribution in [0.15, 0.2) is 17.1 Å². The number of fused-ring (bicyclic) bond motifs is 1. The van der Waals surface area contributed by atoms with E-state index in [1.165, 1.54) is 0 Å². The summed E-state index contributed by atoms with van der Waals surface area (Å²) in [5, 5.41) is 10.7. The fourth-order valence-electron chi connectivity index (χ4n) is 1.50. The molecule has 0 spiro atoms. The van der Waals surface area contributed by atoms with Gasteiger partial charge in [-0.2, -0.15) is 0 Å². The molecule has 0 radical (unpaired) electrons. The van der Waals surface area contributed by atoms with Gasteiger partial charge in [-0.05, 0) is 34.5 Å². The summed E-state index contributed by atoms with van der Waals surface area (Å²) in [5.41, 5.74) is 2.71. The van der Waals surface area contributed by atoms with Crippen LogP contribution in [0, 0.1) is 17.0 Å². The second kappa shape index (κ2) is 3.16. The summed E-state index contributed by atoms with van der Waals surface area (Å²) in [6.45, 7) is 2.26. The van der Waals surface area contributed by atoms with Gasteiger partial charge in [0, 0.05) is 17.2 Å². The highest BCUT2D eigenvalue weighted by Gasteiger charge is 2.20. The zero-order valence-electron chi connectivity index (χ0n) is 7.45. The predicted octanol–water partition coefficient (Wildman–Crippen LogP) is 2.56. The molecule has 0 saturated carbocycles. The van der Waals surface area contributed by atoms with Crippen molar-refractivity contribution in [3.8, 4) is 0 Å². The third kappa shape index (κ3) is 1.33. The first-order valence-corrected chi connectivity index (χ1v) is 4.87. The molecule has 1 aromatic rings. The summed E-state index contributed by atoms with van der Waals surface area (Å²) < 4.78 is 0.783. The third-order valence-electron chi connectivity index (χ3n) is 2.23. The summed E-state index contributed by atoms with van der Waals surface area (Å²) in [6.07, 6.45) is 0. The molecule has 1 aliphatic heterocycles. The molecule has 72 valence electrons. The van der Waals surface area contributed by atoms with Crippen LogP contribution in [0.3, 0.4) is 0 Å². The largest absolute Gasteiger partial charge is 0.272 e. The summed E-state index contributed by atoms with van der Waals surface area (Å²) in [4.78, 5) is 14.5. The van der Waals surface area contributed by atoms with Gasteiger partial charge < -0.3 is 0 Å². The summed E-state index contributed by atoms with van der Waals surface area (Å²) in [5.74, 6) is 0. The number of aliphatic imine (C=N–C) groups is 1. The monoisotopic (exact) mass is 254 g/mol. The van der Waals surface area contributed by atoms with Gasteiger partial charge in [-0.15, -0.1) is 0 Å². The van der Waals surface area contributed by atoms with Crippen LogP contribution in [-0.2, 0) is 6.54 Å². The second-order valence-electron chi connectivity index (χ2n) is 3.16. The molecule has 5 heteroatoms. The van der Waals surface area contributed by atoms with Crippen LogP contribution >= 0.6 is 15.9 Å². The number of nitrogens with zero attached hydrogens (tertiary/aromatic N) is 2. The van der Waals surface area contributed by atoms with Crippen molar-refractivity contribution < 1.29 is 4.92 Å².